The van der Waals surface area contributed by atoms with E-state index in [0.29, 0.717) is 90.4 Å². The van der Waals surface area contributed by atoms with Gasteiger partial charge in [-0.05, 0) is 156 Å². The maximum absolute atomic E-state index is 13.7. The van der Waals surface area contributed by atoms with E-state index in [1.54, 1.807) is 34.0 Å². The second kappa shape index (κ2) is 35.3. The minimum absolute atomic E-state index is 0.0200. The van der Waals surface area contributed by atoms with Crippen molar-refractivity contribution < 1.29 is 66.5 Å². The summed E-state index contributed by atoms with van der Waals surface area (Å²) in [6, 6.07) is 42.0. The summed E-state index contributed by atoms with van der Waals surface area (Å²) in [5.74, 6) is 0.844. The predicted octanol–water partition coefficient (Wildman–Crippen LogP) is 15.5. The van der Waals surface area contributed by atoms with Crippen LogP contribution in [0.15, 0.2) is 127 Å². The number of halogens is 1. The van der Waals surface area contributed by atoms with Gasteiger partial charge in [0.15, 0.2) is 0 Å². The average Bonchev–Trinajstić information content (AvgIpc) is 1.64. The number of carbonyl (C=O) groups excluding carboxylic acids is 6. The van der Waals surface area contributed by atoms with Gasteiger partial charge in [-0.15, -0.1) is 34.0 Å². The summed E-state index contributed by atoms with van der Waals surface area (Å²) in [6.45, 7) is 15.2. The summed E-state index contributed by atoms with van der Waals surface area (Å²) in [6.07, 6.45) is 8.72. The fourth-order valence-electron chi connectivity index (χ4n) is 14.5. The van der Waals surface area contributed by atoms with Crippen LogP contribution in [-0.2, 0) is 96.0 Å². The summed E-state index contributed by atoms with van der Waals surface area (Å²) in [7, 11) is 13.0. The van der Waals surface area contributed by atoms with Gasteiger partial charge in [-0.3, -0.25) is 24.0 Å². The van der Waals surface area contributed by atoms with E-state index in [9.17, 15) is 33.9 Å². The molecule has 0 spiro atoms. The zero-order valence-corrected chi connectivity index (χ0v) is 68.4. The van der Waals surface area contributed by atoms with Crippen LogP contribution in [0.1, 0.15) is 148 Å². The van der Waals surface area contributed by atoms with Crippen LogP contribution in [0, 0.1) is 16.2 Å². The van der Waals surface area contributed by atoms with Crippen molar-refractivity contribution in [2.75, 3.05) is 80.5 Å². The zero-order valence-electron chi connectivity index (χ0n) is 64.3. The Bertz CT molecular complexity index is 4550. The summed E-state index contributed by atoms with van der Waals surface area (Å²) in [5.41, 5.74) is 5.81. The standard InChI is InChI=1S/C31H41N2O4S.C28H32BrNO4S.C27H32N2O4S/c1-30(2,3)37-29(35)21-31(19-22-10-7-8-11-23(22)20-31)27(34)14-15-28-32-25-18-24(12-13-26(25)38-28)36-17-9-16-33(4,5)6;1-27(2,3)34-26(32)18-28(16-19-7-4-5-8-20(19)17-28)24(31)11-12-25-30-22-15-21(33-14-6-13-29)9-10-23(22)35-25;1-29(2,3)13-6-14-33-21-9-10-23-22(15-21)28-25(34-23)12-11-24(30)27(18-26(31)32)16-19-7-4-5-8-20(19)17-27/h7-8,10-13,18H,9,14-17,19-21H2,1-6H3;4-5,7-10,15H,6,11-14,16-18H2,1-3H3;4-5,7-10,15H,6,11-14,16-18H2,1-3H3/q+1;;. The van der Waals surface area contributed by atoms with Gasteiger partial charge < -0.3 is 42.6 Å². The van der Waals surface area contributed by atoms with Crippen LogP contribution in [0.2, 0.25) is 0 Å². The molecule has 21 heteroatoms. The van der Waals surface area contributed by atoms with E-state index in [1.165, 1.54) is 0 Å². The molecule has 0 atom stereocenters. The molecule has 0 unspecified atom stereocenters. The van der Waals surface area contributed by atoms with Crippen molar-refractivity contribution >= 4 is 116 Å². The molecule has 12 rings (SSSR count). The Morgan fingerprint density at radius 1 is 0.430 bits per heavy atom. The van der Waals surface area contributed by atoms with Crippen molar-refractivity contribution in [2.45, 2.75) is 168 Å². The molecule has 0 amide bonds. The average molecular weight is 1580 g/mol. The number of hydrogen-bond acceptors (Lipinski definition) is 18. The second-order valence-corrected chi connectivity index (χ2v) is 37.2. The van der Waals surface area contributed by atoms with Crippen LogP contribution in [0.5, 0.6) is 17.2 Å². The molecule has 17 nitrogen and oxygen atoms in total. The first-order valence-corrected chi connectivity index (χ1v) is 40.9. The van der Waals surface area contributed by atoms with Crippen LogP contribution in [0.25, 0.3) is 30.6 Å². The molecule has 0 N–H and O–H groups in total. The lowest BCUT2D eigenvalue weighted by molar-refractivity contribution is -0.870. The summed E-state index contributed by atoms with van der Waals surface area (Å²) in [5, 5.41) is 15.1. The number of aromatic nitrogens is 3. The number of carboxylic acid groups (broad SMARTS) is 1. The van der Waals surface area contributed by atoms with Crippen LogP contribution >= 0.6 is 49.9 Å². The van der Waals surface area contributed by atoms with Gasteiger partial charge in [-0.1, -0.05) is 88.7 Å². The highest BCUT2D eigenvalue weighted by Gasteiger charge is 2.48. The normalized spacial score (nSPS) is 14.8. The topological polar surface area (TPSA) is 210 Å². The van der Waals surface area contributed by atoms with Crippen molar-refractivity contribution in [3.63, 3.8) is 0 Å². The largest absolute Gasteiger partial charge is 0.550 e. The highest BCUT2D eigenvalue weighted by atomic mass is 79.9. The van der Waals surface area contributed by atoms with Gasteiger partial charge in [0.25, 0.3) is 0 Å². The number of rotatable bonds is 32. The molecule has 9 aromatic rings. The van der Waals surface area contributed by atoms with Gasteiger partial charge in [0.1, 0.15) is 45.8 Å². The van der Waals surface area contributed by atoms with E-state index in [1.807, 2.05) is 145 Å². The number of ketones is 3. The van der Waals surface area contributed by atoms with E-state index in [0.717, 1.165) is 143 Å². The second-order valence-electron chi connectivity index (χ2n) is 33.1. The SMILES string of the molecule is CC(C)(C)OC(=O)CC1(C(=O)CCc2nc3cc(OCCCBr)ccc3s2)Cc2ccccc2C1.CC(C)(C)OC(=O)CC1(C(=O)CCc2nc3cc(OCCC[N+](C)(C)C)ccc3s2)Cc2ccccc2C1.C[N+](C)(C)CCCOc1ccc2sc(CCC(=O)C3(CC(=O)[O-])Cc4ccccc4C3)nc2c1. The van der Waals surface area contributed by atoms with Crippen molar-refractivity contribution in [3.8, 4) is 17.2 Å². The Kier molecular flexibility index (Phi) is 26.9. The summed E-state index contributed by atoms with van der Waals surface area (Å²) in [4.78, 5) is 92.1. The number of Topliss-reactive ketones (excluding diaryl/α,β-unsaturated/α-hetero) is 3. The first-order valence-electron chi connectivity index (χ1n) is 37.3. The molecule has 6 aromatic carbocycles. The van der Waals surface area contributed by atoms with Crippen LogP contribution in [-0.4, -0.2) is 151 Å². The number of aliphatic carboxylic acids is 1. The molecule has 3 heterocycles. The molecule has 3 aliphatic rings. The number of aryl methyl sites for hydroxylation is 3. The fraction of sp³-hybridized carbons (Fsp3) is 0.477. The van der Waals surface area contributed by atoms with Gasteiger partial charge in [-0.25, -0.2) is 15.0 Å². The Hall–Kier alpha value is -7.79. The van der Waals surface area contributed by atoms with Crippen LogP contribution < -0.4 is 19.3 Å². The van der Waals surface area contributed by atoms with Crippen LogP contribution in [0.4, 0.5) is 0 Å². The summed E-state index contributed by atoms with van der Waals surface area (Å²) < 4.78 is 33.9. The molecule has 0 radical (unpaired) electrons. The third kappa shape index (κ3) is 23.4. The molecule has 570 valence electrons. The number of quaternary nitrogens is 2. The van der Waals surface area contributed by atoms with E-state index < -0.39 is 33.4 Å². The quantitative estimate of drug-likeness (QED) is 0.0166. The lowest BCUT2D eigenvalue weighted by Crippen LogP contribution is -2.39. The number of carboxylic acids is 1. The zero-order chi connectivity index (χ0) is 77.0. The molecule has 3 aromatic heterocycles. The van der Waals surface area contributed by atoms with E-state index >= 15 is 0 Å². The number of carbonyl (C=O) groups is 6. The van der Waals surface area contributed by atoms with Gasteiger partial charge >= 0.3 is 11.9 Å². The van der Waals surface area contributed by atoms with E-state index in [-0.39, 0.29) is 55.0 Å². The Morgan fingerprint density at radius 2 is 0.710 bits per heavy atom. The fourth-order valence-corrected chi connectivity index (χ4v) is 17.6. The first-order chi connectivity index (χ1) is 50.6. The third-order valence-corrected chi connectivity index (χ3v) is 23.4. The van der Waals surface area contributed by atoms with E-state index in [2.05, 4.69) is 82.5 Å². The number of benzene rings is 6. The highest BCUT2D eigenvalue weighted by molar-refractivity contribution is 9.09. The molecule has 0 fully saturated rings. The molecule has 0 bridgehead atoms. The van der Waals surface area contributed by atoms with E-state index in [4.69, 9.17) is 38.6 Å². The monoisotopic (exact) mass is 1570 g/mol. The Labute approximate surface area is 651 Å². The molecule has 107 heavy (non-hydrogen) atoms. The number of alkyl halides is 1. The molecular weight excluding hydrogens is 1470 g/mol. The minimum Gasteiger partial charge on any atom is -0.550 e. The summed E-state index contributed by atoms with van der Waals surface area (Å²) >= 11 is 8.21. The van der Waals surface area contributed by atoms with Crippen molar-refractivity contribution in [3.05, 3.63) is 176 Å². The molecular formula is C86H105BrN5O12S3+. The molecule has 0 saturated heterocycles. The minimum atomic E-state index is -1.17. The first kappa shape index (κ1) is 81.7. The number of nitrogens with zero attached hydrogens (tertiary/aromatic N) is 5. The lowest BCUT2D eigenvalue weighted by Gasteiger charge is -2.29. The molecule has 0 aliphatic heterocycles. The number of thiazole rings is 3. The van der Waals surface area contributed by atoms with Crippen LogP contribution in [0.3, 0.4) is 0 Å². The van der Waals surface area contributed by atoms with Gasteiger partial charge in [0.2, 0.25) is 0 Å². The van der Waals surface area contributed by atoms with Crippen molar-refractivity contribution in [1.82, 2.24) is 15.0 Å². The van der Waals surface area contributed by atoms with Gasteiger partial charge in [0.05, 0.1) is 134 Å². The van der Waals surface area contributed by atoms with Gasteiger partial charge in [-0.2, -0.15) is 0 Å². The number of esters is 2. The van der Waals surface area contributed by atoms with Gasteiger partial charge in [0, 0.05) is 104 Å². The lowest BCUT2D eigenvalue weighted by atomic mass is 9.76. The number of hydrogen-bond donors (Lipinski definition) is 0. The third-order valence-electron chi connectivity index (χ3n) is 19.5. The Balaban J connectivity index is 0.000000172. The Morgan fingerprint density at radius 3 is 0.972 bits per heavy atom. The maximum atomic E-state index is 13.7. The number of fused-ring (bicyclic) bond motifs is 6. The highest BCUT2D eigenvalue weighted by Crippen LogP contribution is 2.46. The molecule has 0 saturated carbocycles. The van der Waals surface area contributed by atoms with Crippen molar-refractivity contribution in [2.24, 2.45) is 16.2 Å². The van der Waals surface area contributed by atoms with Crippen molar-refractivity contribution in [1.29, 1.82) is 0 Å². The molecule has 3 aliphatic carbocycles. The number of ether oxygens (including phenoxy) is 5. The maximum Gasteiger partial charge on any atom is 0.307 e. The smallest absolute Gasteiger partial charge is 0.307 e. The predicted molar refractivity (Wildman–Crippen MR) is 428 cm³/mol.